The topological polar surface area (TPSA) is 52.3 Å². The first-order chi connectivity index (χ1) is 7.29. The van der Waals surface area contributed by atoms with Crippen LogP contribution in [0.1, 0.15) is 38.5 Å². The lowest BCUT2D eigenvalue weighted by molar-refractivity contribution is -0.127. The van der Waals surface area contributed by atoms with Crippen LogP contribution in [0.4, 0.5) is 0 Å². The van der Waals surface area contributed by atoms with Gasteiger partial charge < -0.3 is 10.5 Å². The average Bonchev–Trinajstić information content (AvgIpc) is 2.53. The van der Waals surface area contributed by atoms with Gasteiger partial charge in [0.2, 0.25) is 0 Å². The molecule has 2 aliphatic rings. The number of nitrogens with two attached hydrogens (primary N) is 1. The Morgan fingerprint density at radius 3 is 2.27 bits per heavy atom. The van der Waals surface area contributed by atoms with Crippen molar-refractivity contribution in [1.29, 1.82) is 0 Å². The molecule has 2 fully saturated rings. The number of ketones is 1. The van der Waals surface area contributed by atoms with Crippen molar-refractivity contribution < 1.29 is 9.53 Å². The fourth-order valence-corrected chi connectivity index (χ4v) is 2.73. The van der Waals surface area contributed by atoms with Gasteiger partial charge in [-0.3, -0.25) is 4.79 Å². The van der Waals surface area contributed by atoms with Crippen LogP contribution >= 0.6 is 0 Å². The quantitative estimate of drug-likeness (QED) is 0.704. The largest absolute Gasteiger partial charge is 0.379 e. The SMILES string of the molecule is NC1COCC1C(=O)C1CCCCCC1. The van der Waals surface area contributed by atoms with Crippen molar-refractivity contribution in [3.63, 3.8) is 0 Å². The second-order valence-corrected chi connectivity index (χ2v) is 4.90. The summed E-state index contributed by atoms with van der Waals surface area (Å²) in [6.45, 7) is 1.11. The van der Waals surface area contributed by atoms with E-state index in [1.54, 1.807) is 0 Å². The van der Waals surface area contributed by atoms with Gasteiger partial charge in [-0.05, 0) is 12.8 Å². The molecule has 0 aromatic heterocycles. The third-order valence-electron chi connectivity index (χ3n) is 3.75. The van der Waals surface area contributed by atoms with Gasteiger partial charge in [0.15, 0.2) is 0 Å². The highest BCUT2D eigenvalue weighted by atomic mass is 16.5. The molecule has 1 aliphatic heterocycles. The Labute approximate surface area is 91.4 Å². The molecular formula is C12H21NO2. The van der Waals surface area contributed by atoms with Crippen LogP contribution in [0.15, 0.2) is 0 Å². The van der Waals surface area contributed by atoms with E-state index < -0.39 is 0 Å². The Bertz CT molecular complexity index is 222. The van der Waals surface area contributed by atoms with E-state index in [9.17, 15) is 4.79 Å². The molecule has 0 aromatic carbocycles. The van der Waals surface area contributed by atoms with E-state index in [1.807, 2.05) is 0 Å². The minimum atomic E-state index is -0.0549. The second-order valence-electron chi connectivity index (χ2n) is 4.90. The second kappa shape index (κ2) is 5.08. The molecule has 15 heavy (non-hydrogen) atoms. The maximum Gasteiger partial charge on any atom is 0.142 e. The van der Waals surface area contributed by atoms with E-state index in [-0.39, 0.29) is 17.9 Å². The van der Waals surface area contributed by atoms with E-state index in [4.69, 9.17) is 10.5 Å². The fourth-order valence-electron chi connectivity index (χ4n) is 2.73. The van der Waals surface area contributed by atoms with E-state index in [2.05, 4.69) is 0 Å². The average molecular weight is 211 g/mol. The highest BCUT2D eigenvalue weighted by molar-refractivity contribution is 5.84. The lowest BCUT2D eigenvalue weighted by atomic mass is 9.85. The molecule has 0 aromatic rings. The number of carbonyl (C=O) groups is 1. The zero-order chi connectivity index (χ0) is 10.7. The molecule has 2 atom stereocenters. The molecule has 1 heterocycles. The van der Waals surface area contributed by atoms with Gasteiger partial charge in [-0.25, -0.2) is 0 Å². The van der Waals surface area contributed by atoms with E-state index >= 15 is 0 Å². The van der Waals surface area contributed by atoms with Gasteiger partial charge in [-0.2, -0.15) is 0 Å². The summed E-state index contributed by atoms with van der Waals surface area (Å²) in [6.07, 6.45) is 7.14. The van der Waals surface area contributed by atoms with Crippen molar-refractivity contribution in [2.75, 3.05) is 13.2 Å². The lowest BCUT2D eigenvalue weighted by Crippen LogP contribution is -2.37. The third-order valence-corrected chi connectivity index (χ3v) is 3.75. The first kappa shape index (κ1) is 11.1. The summed E-state index contributed by atoms with van der Waals surface area (Å²) in [5.74, 6) is 0.625. The van der Waals surface area contributed by atoms with Crippen LogP contribution in [-0.4, -0.2) is 25.0 Å². The highest BCUT2D eigenvalue weighted by Crippen LogP contribution is 2.28. The Morgan fingerprint density at radius 2 is 1.73 bits per heavy atom. The standard InChI is InChI=1S/C12H21NO2/c13-11-8-15-7-10(11)12(14)9-5-3-1-2-4-6-9/h9-11H,1-8,13H2. The van der Waals surface area contributed by atoms with Crippen molar-refractivity contribution in [2.45, 2.75) is 44.6 Å². The summed E-state index contributed by atoms with van der Waals surface area (Å²) in [4.78, 5) is 12.2. The minimum Gasteiger partial charge on any atom is -0.379 e. The molecule has 1 saturated heterocycles. The van der Waals surface area contributed by atoms with Crippen LogP contribution in [-0.2, 0) is 9.53 Å². The first-order valence-electron chi connectivity index (χ1n) is 6.16. The number of Topliss-reactive ketones (excluding diaryl/α,β-unsaturated/α-hetero) is 1. The number of ether oxygens (including phenoxy) is 1. The molecule has 1 aliphatic carbocycles. The number of carbonyl (C=O) groups excluding carboxylic acids is 1. The van der Waals surface area contributed by atoms with Crippen LogP contribution in [0.3, 0.4) is 0 Å². The maximum absolute atomic E-state index is 12.2. The van der Waals surface area contributed by atoms with Crippen LogP contribution in [0.2, 0.25) is 0 Å². The van der Waals surface area contributed by atoms with E-state index in [0.29, 0.717) is 19.0 Å². The molecule has 0 radical (unpaired) electrons. The summed E-state index contributed by atoms with van der Waals surface area (Å²) in [5, 5.41) is 0. The predicted octanol–water partition coefficient (Wildman–Crippen LogP) is 1.50. The Hall–Kier alpha value is -0.410. The summed E-state index contributed by atoms with van der Waals surface area (Å²) >= 11 is 0. The van der Waals surface area contributed by atoms with E-state index in [0.717, 1.165) is 12.8 Å². The monoisotopic (exact) mass is 211 g/mol. The summed E-state index contributed by atoms with van der Waals surface area (Å²) < 4.78 is 5.27. The van der Waals surface area contributed by atoms with Crippen molar-refractivity contribution in [3.8, 4) is 0 Å². The van der Waals surface area contributed by atoms with Gasteiger partial charge in [-0.15, -0.1) is 0 Å². The van der Waals surface area contributed by atoms with Gasteiger partial charge in [-0.1, -0.05) is 25.7 Å². The van der Waals surface area contributed by atoms with Crippen LogP contribution < -0.4 is 5.73 Å². The highest BCUT2D eigenvalue weighted by Gasteiger charge is 2.35. The molecule has 1 saturated carbocycles. The summed E-state index contributed by atoms with van der Waals surface area (Å²) in [6, 6.07) is -0.0549. The van der Waals surface area contributed by atoms with Crippen molar-refractivity contribution in [2.24, 2.45) is 17.6 Å². The van der Waals surface area contributed by atoms with Crippen molar-refractivity contribution >= 4 is 5.78 Å². The summed E-state index contributed by atoms with van der Waals surface area (Å²) in [7, 11) is 0. The molecule has 2 N–H and O–H groups in total. The molecule has 86 valence electrons. The Morgan fingerprint density at radius 1 is 1.07 bits per heavy atom. The maximum atomic E-state index is 12.2. The van der Waals surface area contributed by atoms with Gasteiger partial charge in [0.05, 0.1) is 19.1 Å². The van der Waals surface area contributed by atoms with Crippen molar-refractivity contribution in [1.82, 2.24) is 0 Å². The number of hydrogen-bond acceptors (Lipinski definition) is 3. The van der Waals surface area contributed by atoms with Crippen LogP contribution in [0.25, 0.3) is 0 Å². The molecule has 0 bridgehead atoms. The molecule has 3 heteroatoms. The minimum absolute atomic E-state index is 0.0203. The zero-order valence-electron chi connectivity index (χ0n) is 9.28. The number of rotatable bonds is 2. The molecular weight excluding hydrogens is 190 g/mol. The third kappa shape index (κ3) is 2.58. The zero-order valence-corrected chi connectivity index (χ0v) is 9.28. The van der Waals surface area contributed by atoms with Crippen LogP contribution in [0, 0.1) is 11.8 Å². The van der Waals surface area contributed by atoms with Gasteiger partial charge in [0, 0.05) is 12.0 Å². The van der Waals surface area contributed by atoms with E-state index in [1.165, 1.54) is 25.7 Å². The molecule has 3 nitrogen and oxygen atoms in total. The molecule has 2 unspecified atom stereocenters. The lowest BCUT2D eigenvalue weighted by Gasteiger charge is -2.19. The Balaban J connectivity index is 1.93. The molecule has 0 spiro atoms. The Kier molecular flexibility index (Phi) is 3.76. The first-order valence-corrected chi connectivity index (χ1v) is 6.16. The summed E-state index contributed by atoms with van der Waals surface area (Å²) in [5.41, 5.74) is 5.88. The van der Waals surface area contributed by atoms with Gasteiger partial charge >= 0.3 is 0 Å². The van der Waals surface area contributed by atoms with Crippen LogP contribution in [0.5, 0.6) is 0 Å². The molecule has 2 rings (SSSR count). The van der Waals surface area contributed by atoms with Gasteiger partial charge in [0.1, 0.15) is 5.78 Å². The molecule has 0 amide bonds. The number of hydrogen-bond donors (Lipinski definition) is 1. The normalized spacial score (nSPS) is 33.9. The fraction of sp³-hybridized carbons (Fsp3) is 0.917. The smallest absolute Gasteiger partial charge is 0.142 e. The van der Waals surface area contributed by atoms with Gasteiger partial charge in [0.25, 0.3) is 0 Å². The predicted molar refractivity (Wildman–Crippen MR) is 58.5 cm³/mol. The van der Waals surface area contributed by atoms with Crippen molar-refractivity contribution in [3.05, 3.63) is 0 Å².